The number of unbranched alkanes of at least 4 members (excludes halogenated alkanes) is 25. The topological polar surface area (TPSA) is 72.8 Å². The molecule has 0 unspecified atom stereocenters. The Labute approximate surface area is 273 Å². The SMILES string of the molecule is CCCCCCCC/C=C/CCCCCCCCCC(=O)O[C@@H](CO)COC(=O)CCCCCCCCCCCCCCC. The van der Waals surface area contributed by atoms with E-state index in [2.05, 4.69) is 26.0 Å². The first-order valence-electron chi connectivity index (χ1n) is 19.2. The van der Waals surface area contributed by atoms with Crippen LogP contribution in [-0.2, 0) is 19.1 Å². The molecule has 0 saturated carbocycles. The van der Waals surface area contributed by atoms with E-state index < -0.39 is 6.10 Å². The molecule has 0 fully saturated rings. The first-order chi connectivity index (χ1) is 21.6. The molecule has 0 heterocycles. The Kier molecular flexibility index (Phi) is 35.0. The lowest BCUT2D eigenvalue weighted by Crippen LogP contribution is -2.28. The van der Waals surface area contributed by atoms with E-state index >= 15 is 0 Å². The van der Waals surface area contributed by atoms with Gasteiger partial charge < -0.3 is 14.6 Å². The molecular weight excluding hydrogens is 548 g/mol. The van der Waals surface area contributed by atoms with Crippen molar-refractivity contribution in [1.29, 1.82) is 0 Å². The summed E-state index contributed by atoms with van der Waals surface area (Å²) in [5.74, 6) is -0.587. The number of rotatable bonds is 35. The van der Waals surface area contributed by atoms with E-state index in [-0.39, 0.29) is 25.2 Å². The van der Waals surface area contributed by atoms with Gasteiger partial charge in [0.25, 0.3) is 0 Å². The monoisotopic (exact) mass is 623 g/mol. The zero-order chi connectivity index (χ0) is 32.2. The van der Waals surface area contributed by atoms with Gasteiger partial charge in [0.05, 0.1) is 6.61 Å². The second-order valence-electron chi connectivity index (χ2n) is 13.0. The van der Waals surface area contributed by atoms with Crippen LogP contribution in [0.4, 0.5) is 0 Å². The molecule has 5 heteroatoms. The van der Waals surface area contributed by atoms with Crippen molar-refractivity contribution in [2.45, 2.75) is 213 Å². The lowest BCUT2D eigenvalue weighted by Gasteiger charge is -2.15. The third-order valence-electron chi connectivity index (χ3n) is 8.56. The third kappa shape index (κ3) is 33.5. The van der Waals surface area contributed by atoms with Crippen LogP contribution in [0.1, 0.15) is 206 Å². The maximum Gasteiger partial charge on any atom is 0.306 e. The molecule has 0 rings (SSSR count). The van der Waals surface area contributed by atoms with Crippen LogP contribution in [-0.4, -0.2) is 36.4 Å². The highest BCUT2D eigenvalue weighted by Gasteiger charge is 2.16. The van der Waals surface area contributed by atoms with Gasteiger partial charge in [0, 0.05) is 12.8 Å². The Morgan fingerprint density at radius 1 is 0.500 bits per heavy atom. The predicted octanol–water partition coefficient (Wildman–Crippen LogP) is 11.7. The first kappa shape index (κ1) is 42.6. The molecule has 260 valence electrons. The summed E-state index contributed by atoms with van der Waals surface area (Å²) in [5.41, 5.74) is 0. The average Bonchev–Trinajstić information content (AvgIpc) is 3.02. The molecule has 0 spiro atoms. The molecule has 1 atom stereocenters. The Hall–Kier alpha value is -1.36. The fourth-order valence-electron chi connectivity index (χ4n) is 5.61. The Bertz CT molecular complexity index is 632. The smallest absolute Gasteiger partial charge is 0.306 e. The number of hydrogen-bond acceptors (Lipinski definition) is 5. The van der Waals surface area contributed by atoms with Gasteiger partial charge in [-0.25, -0.2) is 0 Å². The van der Waals surface area contributed by atoms with Crippen LogP contribution in [0.3, 0.4) is 0 Å². The van der Waals surface area contributed by atoms with Gasteiger partial charge in [-0.3, -0.25) is 9.59 Å². The summed E-state index contributed by atoms with van der Waals surface area (Å²) in [6, 6.07) is 0. The highest BCUT2D eigenvalue weighted by Crippen LogP contribution is 2.14. The van der Waals surface area contributed by atoms with Gasteiger partial charge in [-0.1, -0.05) is 167 Å². The fourth-order valence-corrected chi connectivity index (χ4v) is 5.61. The number of aliphatic hydroxyl groups excluding tert-OH is 1. The average molecular weight is 623 g/mol. The number of esters is 2. The standard InChI is InChI=1S/C39H74O5/c1-3-5-7-9-11-13-15-17-18-19-20-22-24-26-28-30-32-34-39(42)44-37(35-40)36-43-38(41)33-31-29-27-25-23-21-16-14-12-10-8-6-4-2/h17-18,37,40H,3-16,19-36H2,1-2H3/b18-17+/t37-/m0/s1. The molecule has 0 saturated heterocycles. The fraction of sp³-hybridized carbons (Fsp3) is 0.897. The molecule has 0 aliphatic heterocycles. The second-order valence-corrected chi connectivity index (χ2v) is 13.0. The molecule has 0 aromatic heterocycles. The zero-order valence-corrected chi connectivity index (χ0v) is 29.4. The van der Waals surface area contributed by atoms with E-state index in [9.17, 15) is 14.7 Å². The van der Waals surface area contributed by atoms with Gasteiger partial charge in [-0.15, -0.1) is 0 Å². The molecular formula is C39H74O5. The van der Waals surface area contributed by atoms with Crippen molar-refractivity contribution in [3.8, 4) is 0 Å². The van der Waals surface area contributed by atoms with Crippen LogP contribution in [0.25, 0.3) is 0 Å². The van der Waals surface area contributed by atoms with E-state index in [1.807, 2.05) is 0 Å². The van der Waals surface area contributed by atoms with Crippen LogP contribution in [0.5, 0.6) is 0 Å². The lowest BCUT2D eigenvalue weighted by molar-refractivity contribution is -0.161. The largest absolute Gasteiger partial charge is 0.462 e. The number of allylic oxidation sites excluding steroid dienone is 2. The van der Waals surface area contributed by atoms with Gasteiger partial charge >= 0.3 is 11.9 Å². The van der Waals surface area contributed by atoms with E-state index in [0.29, 0.717) is 12.8 Å². The maximum absolute atomic E-state index is 12.1. The Morgan fingerprint density at radius 2 is 0.841 bits per heavy atom. The quantitative estimate of drug-likeness (QED) is 0.0432. The number of aliphatic hydroxyl groups is 1. The Morgan fingerprint density at radius 3 is 1.23 bits per heavy atom. The molecule has 1 N–H and O–H groups in total. The number of carbonyl (C=O) groups excluding carboxylic acids is 2. The van der Waals surface area contributed by atoms with Crippen LogP contribution in [0.15, 0.2) is 12.2 Å². The predicted molar refractivity (Wildman–Crippen MR) is 187 cm³/mol. The van der Waals surface area contributed by atoms with Crippen LogP contribution >= 0.6 is 0 Å². The summed E-state index contributed by atoms with van der Waals surface area (Å²) in [6.07, 6.45) is 39.8. The van der Waals surface area contributed by atoms with Gasteiger partial charge in [0.15, 0.2) is 6.10 Å². The minimum absolute atomic E-state index is 0.0618. The summed E-state index contributed by atoms with van der Waals surface area (Å²) in [6.45, 7) is 4.14. The number of hydrogen-bond donors (Lipinski definition) is 1. The van der Waals surface area contributed by atoms with Crippen molar-refractivity contribution in [2.75, 3.05) is 13.2 Å². The zero-order valence-electron chi connectivity index (χ0n) is 29.4. The van der Waals surface area contributed by atoms with E-state index in [0.717, 1.165) is 38.5 Å². The Balaban J connectivity index is 3.53. The van der Waals surface area contributed by atoms with Crippen molar-refractivity contribution in [3.63, 3.8) is 0 Å². The highest BCUT2D eigenvalue weighted by atomic mass is 16.6. The molecule has 0 aliphatic carbocycles. The third-order valence-corrected chi connectivity index (χ3v) is 8.56. The van der Waals surface area contributed by atoms with Gasteiger partial charge in [-0.05, 0) is 38.5 Å². The van der Waals surface area contributed by atoms with Gasteiger partial charge in [0.1, 0.15) is 6.61 Å². The van der Waals surface area contributed by atoms with Crippen molar-refractivity contribution in [1.82, 2.24) is 0 Å². The summed E-state index contributed by atoms with van der Waals surface area (Å²) in [7, 11) is 0. The number of carbonyl (C=O) groups is 2. The molecule has 0 aromatic carbocycles. The lowest BCUT2D eigenvalue weighted by atomic mass is 10.0. The minimum Gasteiger partial charge on any atom is -0.462 e. The summed E-state index contributed by atoms with van der Waals surface area (Å²) in [5, 5.41) is 9.53. The molecule has 0 aromatic rings. The van der Waals surface area contributed by atoms with Crippen LogP contribution in [0.2, 0.25) is 0 Å². The van der Waals surface area contributed by atoms with Crippen molar-refractivity contribution >= 4 is 11.9 Å². The molecule has 0 aliphatic rings. The highest BCUT2D eigenvalue weighted by molar-refractivity contribution is 5.70. The number of ether oxygens (including phenoxy) is 2. The van der Waals surface area contributed by atoms with Crippen molar-refractivity contribution in [3.05, 3.63) is 12.2 Å². The minimum atomic E-state index is -0.766. The molecule has 0 bridgehead atoms. The van der Waals surface area contributed by atoms with E-state index in [1.54, 1.807) is 0 Å². The maximum atomic E-state index is 12.1. The van der Waals surface area contributed by atoms with Gasteiger partial charge in [-0.2, -0.15) is 0 Å². The van der Waals surface area contributed by atoms with Crippen molar-refractivity contribution < 1.29 is 24.2 Å². The van der Waals surface area contributed by atoms with Crippen LogP contribution in [0, 0.1) is 0 Å². The van der Waals surface area contributed by atoms with Crippen LogP contribution < -0.4 is 0 Å². The molecule has 0 amide bonds. The summed E-state index contributed by atoms with van der Waals surface area (Å²) < 4.78 is 10.6. The second kappa shape index (κ2) is 36.1. The van der Waals surface area contributed by atoms with Crippen molar-refractivity contribution in [2.24, 2.45) is 0 Å². The van der Waals surface area contributed by atoms with Gasteiger partial charge in [0.2, 0.25) is 0 Å². The van der Waals surface area contributed by atoms with E-state index in [1.165, 1.54) is 141 Å². The molecule has 5 nitrogen and oxygen atoms in total. The first-order valence-corrected chi connectivity index (χ1v) is 19.2. The molecule has 44 heavy (non-hydrogen) atoms. The summed E-state index contributed by atoms with van der Waals surface area (Å²) >= 11 is 0. The van der Waals surface area contributed by atoms with E-state index in [4.69, 9.17) is 9.47 Å². The normalized spacial score (nSPS) is 12.2. The summed E-state index contributed by atoms with van der Waals surface area (Å²) in [4.78, 5) is 24.2. The molecule has 0 radical (unpaired) electrons.